The van der Waals surface area contributed by atoms with Gasteiger partial charge in [0, 0.05) is 0 Å². The lowest BCUT2D eigenvalue weighted by atomic mass is 9.99. The number of esters is 1. The number of carbonyl (C=O) groups excluding carboxylic acids is 1. The molecule has 2 aromatic carbocycles. The third kappa shape index (κ3) is 4.50. The average Bonchev–Trinajstić information content (AvgIpc) is 2.76. The molecule has 1 aliphatic heterocycles. The zero-order chi connectivity index (χ0) is 30.0. The molecule has 0 unspecified atom stereocenters. The fourth-order valence-corrected chi connectivity index (χ4v) is 3.18. The lowest BCUT2D eigenvalue weighted by Gasteiger charge is -2.51. The maximum absolute atomic E-state index is 14.9. The van der Waals surface area contributed by atoms with Gasteiger partial charge in [-0.1, -0.05) is 24.3 Å². The maximum atomic E-state index is 14.9. The number of aromatic hydroxyl groups is 1. The minimum Gasteiger partial charge on any atom is -0.508 e. The molecule has 0 saturated carbocycles. The predicted molar refractivity (Wildman–Crippen MR) is 96.7 cm³/mol. The van der Waals surface area contributed by atoms with Gasteiger partial charge in [-0.15, -0.1) is 4.90 Å². The van der Waals surface area contributed by atoms with Crippen LogP contribution in [0.15, 0.2) is 48.5 Å². The second-order valence-electron chi connectivity index (χ2n) is 7.71. The fraction of sp³-hybridized carbons (Fsp3) is 0.350. The molecule has 0 spiro atoms. The van der Waals surface area contributed by atoms with Crippen LogP contribution < -0.4 is 4.74 Å². The summed E-state index contributed by atoms with van der Waals surface area (Å²) >= 11 is 0. The first-order valence-electron chi connectivity index (χ1n) is 9.70. The normalized spacial score (nSPS) is 22.1. The molecule has 0 aromatic heterocycles. The van der Waals surface area contributed by atoms with Gasteiger partial charge in [-0.05, 0) is 35.4 Å². The molecule has 0 amide bonds. The van der Waals surface area contributed by atoms with Gasteiger partial charge in [0.25, 0.3) is 0 Å². The highest BCUT2D eigenvalue weighted by molar-refractivity contribution is 5.84. The number of halogens is 14. The standard InChI is InChI=1S/C20H9F14NO4/c21-14(15(22,23)24,13(37)38-12-7-3-10(4-8-12)9-1-5-11(36)6-2-9)16(25,26)35-17(27,28)19(31,32)39-20(33,34)18(35,29)30/h1-8,36H/t14-/m1/s1. The van der Waals surface area contributed by atoms with Crippen LogP contribution >= 0.6 is 0 Å². The van der Waals surface area contributed by atoms with Crippen LogP contribution in [0, 0.1) is 0 Å². The number of carbonyl (C=O) groups is 1. The Bertz CT molecular complexity index is 1200. The zero-order valence-corrected chi connectivity index (χ0v) is 18.0. The van der Waals surface area contributed by atoms with Crippen LogP contribution in [-0.4, -0.2) is 58.2 Å². The predicted octanol–water partition coefficient (Wildman–Crippen LogP) is 6.53. The van der Waals surface area contributed by atoms with Crippen molar-refractivity contribution in [3.63, 3.8) is 0 Å². The van der Waals surface area contributed by atoms with Crippen LogP contribution in [0.3, 0.4) is 0 Å². The van der Waals surface area contributed by atoms with Gasteiger partial charge >= 0.3 is 48.2 Å². The number of hydrogen-bond acceptors (Lipinski definition) is 5. The number of alkyl halides is 14. The summed E-state index contributed by atoms with van der Waals surface area (Å²) in [5.74, 6) is -5.38. The van der Waals surface area contributed by atoms with Gasteiger partial charge in [0.1, 0.15) is 11.5 Å². The van der Waals surface area contributed by atoms with E-state index in [9.17, 15) is 71.4 Å². The summed E-state index contributed by atoms with van der Waals surface area (Å²) in [5.41, 5.74) is -6.92. The molecule has 2 aromatic rings. The van der Waals surface area contributed by atoms with Crippen molar-refractivity contribution in [2.75, 3.05) is 0 Å². The van der Waals surface area contributed by atoms with Gasteiger partial charge in [0.15, 0.2) is 0 Å². The monoisotopic (exact) mass is 593 g/mol. The lowest BCUT2D eigenvalue weighted by Crippen LogP contribution is -2.82. The van der Waals surface area contributed by atoms with Crippen LogP contribution in [0.1, 0.15) is 0 Å². The van der Waals surface area contributed by atoms with Crippen molar-refractivity contribution >= 4 is 5.97 Å². The molecular formula is C20H9F14NO4. The third-order valence-electron chi connectivity index (χ3n) is 5.15. The molecule has 0 radical (unpaired) electrons. The molecule has 1 aliphatic rings. The van der Waals surface area contributed by atoms with Gasteiger partial charge in [0.2, 0.25) is 0 Å². The minimum atomic E-state index is -7.89. The van der Waals surface area contributed by atoms with Gasteiger partial charge in [-0.2, -0.15) is 57.1 Å². The van der Waals surface area contributed by atoms with Crippen molar-refractivity contribution in [3.05, 3.63) is 48.5 Å². The molecule has 3 rings (SSSR count). The van der Waals surface area contributed by atoms with E-state index in [-0.39, 0.29) is 11.3 Å². The molecular weight excluding hydrogens is 584 g/mol. The molecule has 19 heteroatoms. The highest BCUT2D eigenvalue weighted by Crippen LogP contribution is 2.62. The van der Waals surface area contributed by atoms with E-state index in [4.69, 9.17) is 0 Å². The molecule has 5 nitrogen and oxygen atoms in total. The minimum absolute atomic E-state index is 0.152. The number of ether oxygens (including phenoxy) is 2. The van der Waals surface area contributed by atoms with Crippen molar-refractivity contribution in [3.8, 4) is 22.6 Å². The van der Waals surface area contributed by atoms with Crippen LogP contribution in [0.25, 0.3) is 11.1 Å². The topological polar surface area (TPSA) is 59.0 Å². The largest absolute Gasteiger partial charge is 0.508 e. The fourth-order valence-electron chi connectivity index (χ4n) is 3.18. The van der Waals surface area contributed by atoms with Gasteiger partial charge in [-0.25, -0.2) is 13.9 Å². The number of benzene rings is 2. The molecule has 1 saturated heterocycles. The molecule has 0 aliphatic carbocycles. The van der Waals surface area contributed by atoms with E-state index in [0.29, 0.717) is 17.7 Å². The first kappa shape index (κ1) is 30.2. The van der Waals surface area contributed by atoms with Crippen LogP contribution in [0.2, 0.25) is 0 Å². The van der Waals surface area contributed by atoms with Crippen molar-refractivity contribution < 1.29 is 80.8 Å². The Kier molecular flexibility index (Phi) is 6.84. The third-order valence-corrected chi connectivity index (χ3v) is 5.15. The lowest BCUT2D eigenvalue weighted by molar-refractivity contribution is -0.592. The van der Waals surface area contributed by atoms with Gasteiger partial charge < -0.3 is 9.84 Å². The average molecular weight is 593 g/mol. The molecule has 1 heterocycles. The Morgan fingerprint density at radius 3 is 1.49 bits per heavy atom. The number of phenols is 1. The number of morpholine rings is 1. The SMILES string of the molecule is O=C(Oc1ccc(-c2ccc(O)cc2)cc1)[C@@](F)(C(F)(F)F)C(F)(F)N1C(F)(F)C(F)(F)OC(F)(F)C1(F)F. The van der Waals surface area contributed by atoms with Crippen LogP contribution in [-0.2, 0) is 9.53 Å². The van der Waals surface area contributed by atoms with E-state index in [1.54, 1.807) is 0 Å². The summed E-state index contributed by atoms with van der Waals surface area (Å²) in [6, 6.07) is -15.0. The van der Waals surface area contributed by atoms with Crippen molar-refractivity contribution in [1.82, 2.24) is 4.90 Å². The summed E-state index contributed by atoms with van der Waals surface area (Å²) in [6.45, 7) is 0. The second-order valence-corrected chi connectivity index (χ2v) is 7.71. The number of nitrogens with zero attached hydrogens (tertiary/aromatic N) is 1. The highest BCUT2D eigenvalue weighted by Gasteiger charge is 2.93. The summed E-state index contributed by atoms with van der Waals surface area (Å²) < 4.78 is 199. The van der Waals surface area contributed by atoms with Gasteiger partial charge in [-0.3, -0.25) is 0 Å². The number of rotatable bonds is 5. The van der Waals surface area contributed by atoms with E-state index in [2.05, 4.69) is 4.74 Å². The van der Waals surface area contributed by atoms with Crippen molar-refractivity contribution in [2.45, 2.75) is 42.2 Å². The van der Waals surface area contributed by atoms with E-state index in [1.807, 2.05) is 4.74 Å². The van der Waals surface area contributed by atoms with Gasteiger partial charge in [0.05, 0.1) is 0 Å². The highest BCUT2D eigenvalue weighted by atomic mass is 19.4. The van der Waals surface area contributed by atoms with E-state index in [1.165, 1.54) is 24.3 Å². The first-order chi connectivity index (χ1) is 17.4. The molecule has 216 valence electrons. The molecule has 39 heavy (non-hydrogen) atoms. The van der Waals surface area contributed by atoms with Crippen molar-refractivity contribution in [1.29, 1.82) is 0 Å². The summed E-state index contributed by atoms with van der Waals surface area (Å²) in [4.78, 5) is 7.89. The Morgan fingerprint density at radius 2 is 1.10 bits per heavy atom. The molecule has 0 bridgehead atoms. The molecule has 1 atom stereocenters. The first-order valence-corrected chi connectivity index (χ1v) is 9.70. The zero-order valence-electron chi connectivity index (χ0n) is 18.0. The smallest absolute Gasteiger partial charge is 0.441 e. The van der Waals surface area contributed by atoms with E-state index >= 15 is 0 Å². The van der Waals surface area contributed by atoms with E-state index < -0.39 is 58.8 Å². The summed E-state index contributed by atoms with van der Waals surface area (Å²) in [7, 11) is 0. The van der Waals surface area contributed by atoms with Crippen LogP contribution in [0.5, 0.6) is 11.5 Å². The Hall–Kier alpha value is -3.35. The number of hydrogen-bond donors (Lipinski definition) is 1. The summed E-state index contributed by atoms with van der Waals surface area (Å²) in [6.07, 6.45) is -21.6. The molecule has 1 fully saturated rings. The quantitative estimate of drug-likeness (QED) is 0.185. The molecule has 1 N–H and O–H groups in total. The Balaban J connectivity index is 2.07. The number of phenolic OH excluding ortho intramolecular Hbond substituents is 1. The van der Waals surface area contributed by atoms with E-state index in [0.717, 1.165) is 12.1 Å². The van der Waals surface area contributed by atoms with Crippen molar-refractivity contribution in [2.24, 2.45) is 0 Å². The van der Waals surface area contributed by atoms with Crippen LogP contribution in [0.4, 0.5) is 61.5 Å². The maximum Gasteiger partial charge on any atom is 0.441 e. The second kappa shape index (κ2) is 8.83. The summed E-state index contributed by atoms with van der Waals surface area (Å²) in [5, 5.41) is 9.24. The Morgan fingerprint density at radius 1 is 0.718 bits per heavy atom. The Labute approximate surface area is 206 Å².